The summed E-state index contributed by atoms with van der Waals surface area (Å²) in [6, 6.07) is 14.1. The highest BCUT2D eigenvalue weighted by atomic mass is 35.5. The molecule has 1 N–H and O–H groups in total. The molecule has 2 heterocycles. The lowest BCUT2D eigenvalue weighted by Crippen LogP contribution is -2.06. The first-order valence-electron chi connectivity index (χ1n) is 8.40. The molecule has 0 unspecified atom stereocenters. The van der Waals surface area contributed by atoms with Crippen molar-refractivity contribution in [2.45, 2.75) is 19.8 Å². The second kappa shape index (κ2) is 6.45. The molecule has 4 nitrogen and oxygen atoms in total. The van der Waals surface area contributed by atoms with Crippen LogP contribution in [0.3, 0.4) is 0 Å². The minimum atomic E-state index is 0.745. The molecule has 0 aliphatic carbocycles. The van der Waals surface area contributed by atoms with E-state index in [1.165, 1.54) is 11.1 Å². The van der Waals surface area contributed by atoms with Crippen LogP contribution in [0.15, 0.2) is 42.5 Å². The fourth-order valence-corrected chi connectivity index (χ4v) is 3.62. The van der Waals surface area contributed by atoms with Crippen LogP contribution in [0.1, 0.15) is 22.4 Å². The summed E-state index contributed by atoms with van der Waals surface area (Å²) in [6.45, 7) is 3.01. The van der Waals surface area contributed by atoms with Crippen molar-refractivity contribution < 1.29 is 4.74 Å². The highest BCUT2D eigenvalue weighted by Gasteiger charge is 2.23. The zero-order valence-corrected chi connectivity index (χ0v) is 15.1. The number of ether oxygens (including phenoxy) is 1. The third-order valence-corrected chi connectivity index (χ3v) is 4.86. The van der Waals surface area contributed by atoms with E-state index in [1.807, 2.05) is 35.0 Å². The lowest BCUT2D eigenvalue weighted by atomic mass is 10.1. The Morgan fingerprint density at radius 2 is 2.12 bits per heavy atom. The van der Waals surface area contributed by atoms with Crippen molar-refractivity contribution in [2.24, 2.45) is 0 Å². The Balaban J connectivity index is 1.75. The van der Waals surface area contributed by atoms with Gasteiger partial charge in [0.1, 0.15) is 11.6 Å². The summed E-state index contributed by atoms with van der Waals surface area (Å²) in [5.74, 6) is 1.98. The summed E-state index contributed by atoms with van der Waals surface area (Å²) in [7, 11) is 1.69. The molecule has 0 radical (unpaired) electrons. The van der Waals surface area contributed by atoms with Gasteiger partial charge in [0.05, 0.1) is 18.5 Å². The summed E-state index contributed by atoms with van der Waals surface area (Å²) < 4.78 is 7.35. The Morgan fingerprint density at radius 3 is 2.92 bits per heavy atom. The van der Waals surface area contributed by atoms with Gasteiger partial charge in [-0.05, 0) is 54.8 Å². The van der Waals surface area contributed by atoms with E-state index in [-0.39, 0.29) is 0 Å². The lowest BCUT2D eigenvalue weighted by molar-refractivity contribution is 0.414. The van der Waals surface area contributed by atoms with Crippen LogP contribution < -0.4 is 10.1 Å². The number of nitrogens with zero attached hydrogens (tertiary/aromatic N) is 2. The van der Waals surface area contributed by atoms with E-state index in [1.54, 1.807) is 7.11 Å². The van der Waals surface area contributed by atoms with Gasteiger partial charge in [0.2, 0.25) is 0 Å². The molecule has 1 aliphatic heterocycles. The van der Waals surface area contributed by atoms with Gasteiger partial charge < -0.3 is 10.1 Å². The monoisotopic (exact) mass is 353 g/mol. The van der Waals surface area contributed by atoms with Crippen molar-refractivity contribution in [2.75, 3.05) is 19.0 Å². The quantitative estimate of drug-likeness (QED) is 0.755. The average Bonchev–Trinajstić information content (AvgIpc) is 3.20. The van der Waals surface area contributed by atoms with Crippen molar-refractivity contribution in [3.05, 3.63) is 69.9 Å². The number of halogens is 1. The summed E-state index contributed by atoms with van der Waals surface area (Å²) in [4.78, 5) is 0. The Labute approximate surface area is 152 Å². The molecule has 0 amide bonds. The molecule has 0 fully saturated rings. The molecule has 0 saturated carbocycles. The zero-order chi connectivity index (χ0) is 17.4. The number of anilines is 1. The molecule has 1 aliphatic rings. The van der Waals surface area contributed by atoms with Crippen LogP contribution in [0.4, 0.5) is 5.82 Å². The zero-order valence-electron chi connectivity index (χ0n) is 14.3. The summed E-state index contributed by atoms with van der Waals surface area (Å²) >= 11 is 6.11. The first-order chi connectivity index (χ1) is 12.2. The van der Waals surface area contributed by atoms with E-state index in [0.717, 1.165) is 52.9 Å². The number of methoxy groups -OCH3 is 1. The van der Waals surface area contributed by atoms with Crippen LogP contribution in [-0.4, -0.2) is 23.4 Å². The molecule has 3 aromatic rings. The molecule has 0 atom stereocenters. The second-order valence-corrected chi connectivity index (χ2v) is 6.76. The van der Waals surface area contributed by atoms with Gasteiger partial charge >= 0.3 is 0 Å². The van der Waals surface area contributed by atoms with Crippen LogP contribution in [0.5, 0.6) is 5.75 Å². The third-order valence-electron chi connectivity index (χ3n) is 4.63. The standard InChI is InChI=1S/C20H20ClN3O/c1-13-10-15(21)6-7-19(13)24-20-17(8-9-22-20)18(23-24)12-14-4-3-5-16(11-14)25-2/h3-7,10-11,22H,8-9,12H2,1-2H3. The van der Waals surface area contributed by atoms with Crippen molar-refractivity contribution in [3.63, 3.8) is 0 Å². The molecule has 0 saturated heterocycles. The summed E-state index contributed by atoms with van der Waals surface area (Å²) in [5.41, 5.74) is 5.79. The predicted molar refractivity (Wildman–Crippen MR) is 101 cm³/mol. The van der Waals surface area contributed by atoms with Crippen LogP contribution in [0, 0.1) is 6.92 Å². The first kappa shape index (κ1) is 16.0. The molecular weight excluding hydrogens is 334 g/mol. The number of fused-ring (bicyclic) bond motifs is 1. The van der Waals surface area contributed by atoms with Crippen molar-refractivity contribution in [3.8, 4) is 11.4 Å². The van der Waals surface area contributed by atoms with Crippen LogP contribution in [0.25, 0.3) is 5.69 Å². The normalized spacial score (nSPS) is 12.8. The van der Waals surface area contributed by atoms with Crippen LogP contribution in [0.2, 0.25) is 5.02 Å². The molecule has 0 spiro atoms. The highest BCUT2D eigenvalue weighted by Crippen LogP contribution is 2.32. The smallest absolute Gasteiger partial charge is 0.133 e. The number of hydrogen-bond donors (Lipinski definition) is 1. The van der Waals surface area contributed by atoms with Crippen molar-refractivity contribution in [1.82, 2.24) is 9.78 Å². The van der Waals surface area contributed by atoms with E-state index >= 15 is 0 Å². The van der Waals surface area contributed by atoms with E-state index in [4.69, 9.17) is 21.4 Å². The van der Waals surface area contributed by atoms with Gasteiger partial charge in [-0.25, -0.2) is 4.68 Å². The third kappa shape index (κ3) is 2.98. The number of hydrogen-bond acceptors (Lipinski definition) is 3. The van der Waals surface area contributed by atoms with Gasteiger partial charge in [-0.15, -0.1) is 0 Å². The minimum Gasteiger partial charge on any atom is -0.497 e. The van der Waals surface area contributed by atoms with Gasteiger partial charge in [-0.3, -0.25) is 0 Å². The minimum absolute atomic E-state index is 0.745. The van der Waals surface area contributed by atoms with Crippen molar-refractivity contribution in [1.29, 1.82) is 0 Å². The topological polar surface area (TPSA) is 39.1 Å². The molecule has 2 aromatic carbocycles. The average molecular weight is 354 g/mol. The Kier molecular flexibility index (Phi) is 4.14. The van der Waals surface area contributed by atoms with E-state index in [9.17, 15) is 0 Å². The van der Waals surface area contributed by atoms with Crippen LogP contribution in [-0.2, 0) is 12.8 Å². The lowest BCUT2D eigenvalue weighted by Gasteiger charge is -2.10. The Hall–Kier alpha value is -2.46. The Morgan fingerprint density at radius 1 is 1.24 bits per heavy atom. The summed E-state index contributed by atoms with van der Waals surface area (Å²) in [5, 5.41) is 9.14. The largest absolute Gasteiger partial charge is 0.497 e. The number of nitrogens with one attached hydrogen (secondary N) is 1. The highest BCUT2D eigenvalue weighted by molar-refractivity contribution is 6.30. The number of aryl methyl sites for hydroxylation is 1. The number of benzene rings is 2. The van der Waals surface area contributed by atoms with E-state index in [2.05, 4.69) is 24.4 Å². The van der Waals surface area contributed by atoms with Gasteiger partial charge in [-0.1, -0.05) is 23.7 Å². The molecule has 5 heteroatoms. The molecular formula is C20H20ClN3O. The molecule has 25 heavy (non-hydrogen) atoms. The second-order valence-electron chi connectivity index (χ2n) is 6.32. The van der Waals surface area contributed by atoms with Crippen molar-refractivity contribution >= 4 is 17.4 Å². The summed E-state index contributed by atoms with van der Waals surface area (Å²) in [6.07, 6.45) is 1.79. The first-order valence-corrected chi connectivity index (χ1v) is 8.77. The molecule has 128 valence electrons. The van der Waals surface area contributed by atoms with E-state index < -0.39 is 0 Å². The maximum absolute atomic E-state index is 6.11. The van der Waals surface area contributed by atoms with Gasteiger partial charge in [-0.2, -0.15) is 5.10 Å². The van der Waals surface area contributed by atoms with Crippen LogP contribution >= 0.6 is 11.6 Å². The SMILES string of the molecule is COc1cccc(Cc2nn(-c3ccc(Cl)cc3C)c3c2CCN3)c1. The predicted octanol–water partition coefficient (Wildman–Crippen LogP) is 4.40. The maximum atomic E-state index is 6.11. The number of aromatic nitrogens is 2. The molecule has 4 rings (SSSR count). The van der Waals surface area contributed by atoms with Gasteiger partial charge in [0.25, 0.3) is 0 Å². The van der Waals surface area contributed by atoms with Gasteiger partial charge in [0, 0.05) is 23.6 Å². The van der Waals surface area contributed by atoms with E-state index in [0.29, 0.717) is 0 Å². The maximum Gasteiger partial charge on any atom is 0.133 e. The van der Waals surface area contributed by atoms with Gasteiger partial charge in [0.15, 0.2) is 0 Å². The molecule has 1 aromatic heterocycles. The fourth-order valence-electron chi connectivity index (χ4n) is 3.39. The molecule has 0 bridgehead atoms. The fraction of sp³-hybridized carbons (Fsp3) is 0.250. The number of rotatable bonds is 4. The Bertz CT molecular complexity index is 933.